The standard InChI is InChI=1S/C20H16F2N4/c21-17-3-1-2-16(20(17)22)15-8-9-24-11-13-10-12(4-5-14(13)15)18-6-7-19(23)26-25-18/h1-8,10,24H,9,11H2,(H2,23,26). The molecule has 0 fully saturated rings. The lowest BCUT2D eigenvalue weighted by Gasteiger charge is -2.13. The van der Waals surface area contributed by atoms with Crippen molar-refractivity contribution in [2.45, 2.75) is 6.54 Å². The van der Waals surface area contributed by atoms with Gasteiger partial charge in [0.05, 0.1) is 5.69 Å². The van der Waals surface area contributed by atoms with Crippen LogP contribution in [-0.4, -0.2) is 16.7 Å². The van der Waals surface area contributed by atoms with Crippen LogP contribution in [-0.2, 0) is 6.54 Å². The monoisotopic (exact) mass is 350 g/mol. The molecule has 130 valence electrons. The van der Waals surface area contributed by atoms with Crippen LogP contribution in [0, 0.1) is 11.6 Å². The number of nitrogens with two attached hydrogens (primary N) is 1. The molecule has 3 N–H and O–H groups in total. The molecular formula is C20H16F2N4. The first-order valence-electron chi connectivity index (χ1n) is 8.21. The van der Waals surface area contributed by atoms with Crippen molar-refractivity contribution in [2.75, 3.05) is 12.3 Å². The van der Waals surface area contributed by atoms with Crippen LogP contribution in [0.3, 0.4) is 0 Å². The van der Waals surface area contributed by atoms with Crippen LogP contribution in [0.2, 0.25) is 0 Å². The van der Waals surface area contributed by atoms with Crippen LogP contribution in [0.25, 0.3) is 16.8 Å². The number of fused-ring (bicyclic) bond motifs is 1. The molecule has 1 aromatic heterocycles. The van der Waals surface area contributed by atoms with Gasteiger partial charge >= 0.3 is 0 Å². The maximum Gasteiger partial charge on any atom is 0.166 e. The molecule has 0 bridgehead atoms. The molecule has 0 spiro atoms. The van der Waals surface area contributed by atoms with Gasteiger partial charge in [-0.3, -0.25) is 0 Å². The maximum atomic E-state index is 14.3. The minimum Gasteiger partial charge on any atom is -0.382 e. The summed E-state index contributed by atoms with van der Waals surface area (Å²) in [5, 5.41) is 11.3. The predicted molar refractivity (Wildman–Crippen MR) is 97.0 cm³/mol. The van der Waals surface area contributed by atoms with Crippen LogP contribution < -0.4 is 11.1 Å². The van der Waals surface area contributed by atoms with E-state index in [4.69, 9.17) is 5.73 Å². The summed E-state index contributed by atoms with van der Waals surface area (Å²) < 4.78 is 28.0. The zero-order valence-electron chi connectivity index (χ0n) is 13.8. The van der Waals surface area contributed by atoms with E-state index in [-0.39, 0.29) is 5.56 Å². The predicted octanol–water partition coefficient (Wildman–Crippen LogP) is 3.54. The van der Waals surface area contributed by atoms with E-state index in [9.17, 15) is 8.78 Å². The first-order valence-corrected chi connectivity index (χ1v) is 8.21. The smallest absolute Gasteiger partial charge is 0.166 e. The van der Waals surface area contributed by atoms with Gasteiger partial charge in [0.25, 0.3) is 0 Å². The number of nitrogens with zero attached hydrogens (tertiary/aromatic N) is 2. The third kappa shape index (κ3) is 2.95. The van der Waals surface area contributed by atoms with Gasteiger partial charge in [-0.25, -0.2) is 8.78 Å². The van der Waals surface area contributed by atoms with Gasteiger partial charge in [-0.2, -0.15) is 0 Å². The number of nitrogens with one attached hydrogen (secondary N) is 1. The average Bonchev–Trinajstić information content (AvgIpc) is 2.86. The number of hydrogen-bond donors (Lipinski definition) is 2. The zero-order valence-corrected chi connectivity index (χ0v) is 13.8. The maximum absolute atomic E-state index is 14.3. The van der Waals surface area contributed by atoms with Crippen LogP contribution in [0.15, 0.2) is 54.6 Å². The van der Waals surface area contributed by atoms with Gasteiger partial charge in [-0.15, -0.1) is 10.2 Å². The summed E-state index contributed by atoms with van der Waals surface area (Å²) in [6.07, 6.45) is 1.88. The van der Waals surface area contributed by atoms with E-state index in [0.717, 1.165) is 22.8 Å². The molecule has 1 aliphatic heterocycles. The van der Waals surface area contributed by atoms with E-state index < -0.39 is 11.6 Å². The van der Waals surface area contributed by atoms with Gasteiger partial charge in [0.1, 0.15) is 5.82 Å². The lowest BCUT2D eigenvalue weighted by atomic mass is 9.92. The highest BCUT2D eigenvalue weighted by molar-refractivity contribution is 5.83. The molecule has 6 heteroatoms. The quantitative estimate of drug-likeness (QED) is 0.742. The third-order valence-electron chi connectivity index (χ3n) is 4.38. The Kier molecular flexibility index (Phi) is 4.18. The summed E-state index contributed by atoms with van der Waals surface area (Å²) in [6.45, 7) is 1.18. The van der Waals surface area contributed by atoms with Crippen molar-refractivity contribution in [2.24, 2.45) is 0 Å². The van der Waals surface area contributed by atoms with Gasteiger partial charge in [0, 0.05) is 24.2 Å². The lowest BCUT2D eigenvalue weighted by Crippen LogP contribution is -2.11. The average molecular weight is 350 g/mol. The Morgan fingerprint density at radius 1 is 0.962 bits per heavy atom. The fourth-order valence-electron chi connectivity index (χ4n) is 3.12. The molecule has 0 amide bonds. The Bertz CT molecular complexity index is 997. The van der Waals surface area contributed by atoms with E-state index >= 15 is 0 Å². The summed E-state index contributed by atoms with van der Waals surface area (Å²) in [5.41, 5.74) is 9.96. The highest BCUT2D eigenvalue weighted by Crippen LogP contribution is 2.32. The SMILES string of the molecule is Nc1ccc(-c2ccc3c(c2)CNCC=C3c2cccc(F)c2F)nn1. The van der Waals surface area contributed by atoms with Crippen molar-refractivity contribution < 1.29 is 8.78 Å². The van der Waals surface area contributed by atoms with Crippen molar-refractivity contribution in [3.8, 4) is 11.3 Å². The number of benzene rings is 2. The Labute approximate surface area is 149 Å². The van der Waals surface area contributed by atoms with E-state index in [2.05, 4.69) is 15.5 Å². The normalized spacial score (nSPS) is 13.7. The van der Waals surface area contributed by atoms with Crippen molar-refractivity contribution >= 4 is 11.4 Å². The fraction of sp³-hybridized carbons (Fsp3) is 0.100. The summed E-state index contributed by atoms with van der Waals surface area (Å²) in [5.74, 6) is -1.33. The summed E-state index contributed by atoms with van der Waals surface area (Å²) in [4.78, 5) is 0. The molecular weight excluding hydrogens is 334 g/mol. The van der Waals surface area contributed by atoms with Gasteiger partial charge in [0.15, 0.2) is 11.6 Å². The van der Waals surface area contributed by atoms with Crippen molar-refractivity contribution in [3.63, 3.8) is 0 Å². The first-order chi connectivity index (χ1) is 12.6. The number of hydrogen-bond acceptors (Lipinski definition) is 4. The number of nitrogen functional groups attached to an aromatic ring is 1. The topological polar surface area (TPSA) is 63.8 Å². The van der Waals surface area contributed by atoms with Gasteiger partial charge in [-0.1, -0.05) is 30.3 Å². The fourth-order valence-corrected chi connectivity index (χ4v) is 3.12. The summed E-state index contributed by atoms with van der Waals surface area (Å²) >= 11 is 0. The molecule has 4 nitrogen and oxygen atoms in total. The van der Waals surface area contributed by atoms with E-state index in [0.29, 0.717) is 30.2 Å². The molecule has 4 rings (SSSR count). The molecule has 0 atom stereocenters. The second-order valence-corrected chi connectivity index (χ2v) is 6.07. The lowest BCUT2D eigenvalue weighted by molar-refractivity contribution is 0.506. The number of anilines is 1. The molecule has 26 heavy (non-hydrogen) atoms. The first kappa shape index (κ1) is 16.4. The molecule has 0 saturated carbocycles. The summed E-state index contributed by atoms with van der Waals surface area (Å²) in [6, 6.07) is 13.5. The molecule has 0 radical (unpaired) electrons. The molecule has 2 aromatic carbocycles. The van der Waals surface area contributed by atoms with Crippen LogP contribution >= 0.6 is 0 Å². The molecule has 1 aliphatic rings. The molecule has 2 heterocycles. The minimum atomic E-state index is -0.851. The molecule has 0 aliphatic carbocycles. The third-order valence-corrected chi connectivity index (χ3v) is 4.38. The minimum absolute atomic E-state index is 0.259. The number of halogens is 2. The van der Waals surface area contributed by atoms with Crippen LogP contribution in [0.4, 0.5) is 14.6 Å². The molecule has 0 saturated heterocycles. The second-order valence-electron chi connectivity index (χ2n) is 6.07. The highest BCUT2D eigenvalue weighted by atomic mass is 19.2. The van der Waals surface area contributed by atoms with Crippen molar-refractivity contribution in [1.82, 2.24) is 15.5 Å². The Morgan fingerprint density at radius 2 is 1.85 bits per heavy atom. The zero-order chi connectivity index (χ0) is 18.1. The van der Waals surface area contributed by atoms with E-state index in [1.165, 1.54) is 6.07 Å². The van der Waals surface area contributed by atoms with Crippen LogP contribution in [0.1, 0.15) is 16.7 Å². The van der Waals surface area contributed by atoms with Gasteiger partial charge in [-0.05, 0) is 41.0 Å². The summed E-state index contributed by atoms with van der Waals surface area (Å²) in [7, 11) is 0. The second kappa shape index (κ2) is 6.65. The molecule has 0 unspecified atom stereocenters. The van der Waals surface area contributed by atoms with Crippen molar-refractivity contribution in [1.29, 1.82) is 0 Å². The Hall–Kier alpha value is -3.12. The van der Waals surface area contributed by atoms with Crippen LogP contribution in [0.5, 0.6) is 0 Å². The van der Waals surface area contributed by atoms with Gasteiger partial charge in [0.2, 0.25) is 0 Å². The van der Waals surface area contributed by atoms with Crippen molar-refractivity contribution in [3.05, 3.63) is 82.9 Å². The number of rotatable bonds is 2. The van der Waals surface area contributed by atoms with E-state index in [1.807, 2.05) is 24.3 Å². The Morgan fingerprint density at radius 3 is 2.65 bits per heavy atom. The highest BCUT2D eigenvalue weighted by Gasteiger charge is 2.18. The molecule has 3 aromatic rings. The van der Waals surface area contributed by atoms with Gasteiger partial charge < -0.3 is 11.1 Å². The van der Waals surface area contributed by atoms with E-state index in [1.54, 1.807) is 18.2 Å². The number of aromatic nitrogens is 2. The largest absolute Gasteiger partial charge is 0.382 e. The Balaban J connectivity index is 1.81.